The fourth-order valence-electron chi connectivity index (χ4n) is 11.5. The summed E-state index contributed by atoms with van der Waals surface area (Å²) in [5.41, 5.74) is 3.53. The highest BCUT2D eigenvalue weighted by molar-refractivity contribution is 6.98. The lowest BCUT2D eigenvalue weighted by Gasteiger charge is -2.73. The van der Waals surface area contributed by atoms with Gasteiger partial charge >= 0.3 is 0 Å². The first-order valence-electron chi connectivity index (χ1n) is 20.5. The van der Waals surface area contributed by atoms with Gasteiger partial charge in [0.2, 0.25) is 0 Å². The quantitative estimate of drug-likeness (QED) is 0.158. The molecule has 0 aliphatic rings. The van der Waals surface area contributed by atoms with Crippen LogP contribution in [0.15, 0.2) is 24.3 Å². The summed E-state index contributed by atoms with van der Waals surface area (Å²) in [6.45, 7) is 75.6. The molecule has 50 heavy (non-hydrogen) atoms. The van der Waals surface area contributed by atoms with Gasteiger partial charge in [0.15, 0.2) is 0 Å². The Morgan fingerprint density at radius 3 is 0.940 bits per heavy atom. The van der Waals surface area contributed by atoms with E-state index in [2.05, 4.69) is 223 Å². The average Bonchev–Trinajstić information content (AvgIpc) is 2.92. The monoisotopic (exact) mass is 727 g/mol. The first-order chi connectivity index (χ1) is 21.4. The van der Waals surface area contributed by atoms with Crippen molar-refractivity contribution in [2.45, 2.75) is 216 Å². The van der Waals surface area contributed by atoms with Gasteiger partial charge in [-0.05, 0) is 71.3 Å². The zero-order chi connectivity index (χ0) is 40.8. The topological polar surface area (TPSA) is 0 Å². The molecule has 0 fully saturated rings. The molecule has 0 radical (unpaired) electrons. The van der Waals surface area contributed by atoms with E-state index in [-0.39, 0.29) is 59.2 Å². The van der Waals surface area contributed by atoms with Crippen LogP contribution in [0.5, 0.6) is 0 Å². The summed E-state index contributed by atoms with van der Waals surface area (Å²) in [6.07, 6.45) is 1.18. The van der Waals surface area contributed by atoms with Gasteiger partial charge in [-0.1, -0.05) is 234 Å². The van der Waals surface area contributed by atoms with Gasteiger partial charge in [-0.2, -0.15) is 0 Å². The van der Waals surface area contributed by atoms with E-state index in [1.807, 2.05) is 0 Å². The zero-order valence-electron chi connectivity index (χ0n) is 40.1. The molecule has 1 aromatic carbocycles. The second kappa shape index (κ2) is 13.2. The molecule has 0 aliphatic heterocycles. The van der Waals surface area contributed by atoms with Gasteiger partial charge in [0.1, 0.15) is 0 Å². The molecule has 0 spiro atoms. The molecule has 294 valence electrons. The predicted molar refractivity (Wildman–Crippen MR) is 237 cm³/mol. The molecular weight excluding hydrogens is 633 g/mol. The minimum absolute atomic E-state index is 0.00104. The largest absolute Gasteiger partial charge is 0.0693 e. The number of benzene rings is 1. The maximum absolute atomic E-state index is 2.75. The molecule has 1 aromatic rings. The Kier molecular flexibility index (Phi) is 12.5. The van der Waals surface area contributed by atoms with Crippen LogP contribution >= 0.6 is 0 Å². The van der Waals surface area contributed by atoms with Crippen molar-refractivity contribution in [2.24, 2.45) is 54.1 Å². The van der Waals surface area contributed by atoms with Gasteiger partial charge in [0.25, 0.3) is 0 Å². The van der Waals surface area contributed by atoms with Crippen molar-refractivity contribution in [3.63, 3.8) is 0 Å². The fraction of sp³-hybridized carbons (Fsp3) is 0.875. The molecule has 0 aliphatic carbocycles. The first kappa shape index (κ1) is 47.7. The van der Waals surface area contributed by atoms with Crippen molar-refractivity contribution in [1.29, 1.82) is 0 Å². The SMILES string of the molecule is CCC(C)(C)C(C)(C)C(C)(C)C(C)(C)C(C)(C)C(C)(C)C(C)(C)C(C)(C)C(C)(C)C(C)(C)C(C)(C)[Si](C)(C)C(c1ccc(C)cc1)[Si](C)(C)C. The highest BCUT2D eigenvalue weighted by Crippen LogP contribution is 2.76. The Morgan fingerprint density at radius 2 is 0.680 bits per heavy atom. The Hall–Kier alpha value is -0.346. The van der Waals surface area contributed by atoms with Crippen molar-refractivity contribution < 1.29 is 0 Å². The summed E-state index contributed by atoms with van der Waals surface area (Å²) in [6, 6.07) is 9.67. The summed E-state index contributed by atoms with van der Waals surface area (Å²) >= 11 is 0. The molecule has 2 heteroatoms. The molecule has 1 unspecified atom stereocenters. The van der Waals surface area contributed by atoms with Crippen LogP contribution < -0.4 is 0 Å². The summed E-state index contributed by atoms with van der Waals surface area (Å²) < 4.78 is 0. The zero-order valence-corrected chi connectivity index (χ0v) is 42.1. The van der Waals surface area contributed by atoms with E-state index in [0.717, 1.165) is 0 Å². The fourth-order valence-corrected chi connectivity index (χ4v) is 26.1. The summed E-state index contributed by atoms with van der Waals surface area (Å²) in [7, 11) is -3.53. The Labute approximate surface area is 320 Å². The predicted octanol–water partition coefficient (Wildman–Crippen LogP) is 16.7. The van der Waals surface area contributed by atoms with Crippen molar-refractivity contribution in [1.82, 2.24) is 0 Å². The molecule has 0 saturated heterocycles. The standard InChI is InChI=1S/C48H94Si2/c1-30-38(3,4)39(5,6)40(7,8)41(9,10)42(11,12)43(13,14)44(15,16)45(17,18)46(19,20)47(21,22)48(23,24)50(28,29)37(49(25,26)27)36-33-31-35(2)32-34-36/h31-34,37H,30H2,1-29H3. The van der Waals surface area contributed by atoms with Gasteiger partial charge in [-0.15, -0.1) is 0 Å². The van der Waals surface area contributed by atoms with Crippen molar-refractivity contribution in [3.05, 3.63) is 35.4 Å². The first-order valence-corrected chi connectivity index (χ1v) is 27.2. The number of rotatable bonds is 15. The van der Waals surface area contributed by atoms with Crippen LogP contribution in [0, 0.1) is 61.1 Å². The van der Waals surface area contributed by atoms with E-state index in [9.17, 15) is 0 Å². The van der Waals surface area contributed by atoms with Gasteiger partial charge in [-0.25, -0.2) is 0 Å². The molecular formula is C48H94Si2. The minimum atomic E-state index is -1.96. The lowest BCUT2D eigenvalue weighted by atomic mass is 9.33. The van der Waals surface area contributed by atoms with Gasteiger partial charge < -0.3 is 0 Å². The van der Waals surface area contributed by atoms with Crippen LogP contribution in [0.25, 0.3) is 0 Å². The Balaban J connectivity index is 4.02. The molecule has 0 N–H and O–H groups in total. The maximum atomic E-state index is 2.75. The molecule has 0 amide bonds. The normalized spacial score (nSPS) is 16.9. The van der Waals surface area contributed by atoms with Crippen LogP contribution in [0.2, 0.25) is 37.8 Å². The molecule has 0 heterocycles. The smallest absolute Gasteiger partial charge is 0.0585 e. The lowest BCUT2D eigenvalue weighted by Crippen LogP contribution is -2.67. The van der Waals surface area contributed by atoms with Crippen LogP contribution in [0.3, 0.4) is 0 Å². The molecule has 1 atom stereocenters. The Morgan fingerprint density at radius 1 is 0.420 bits per heavy atom. The maximum Gasteiger partial charge on any atom is 0.0585 e. The van der Waals surface area contributed by atoms with Crippen molar-refractivity contribution in [3.8, 4) is 0 Å². The van der Waals surface area contributed by atoms with Gasteiger partial charge in [0.05, 0.1) is 8.07 Å². The number of hydrogen-bond donors (Lipinski definition) is 0. The number of aryl methyl sites for hydroxylation is 1. The van der Waals surface area contributed by atoms with E-state index in [0.29, 0.717) is 5.16 Å². The average molecular weight is 727 g/mol. The van der Waals surface area contributed by atoms with Crippen LogP contribution in [-0.4, -0.2) is 16.1 Å². The summed E-state index contributed by atoms with van der Waals surface area (Å²) in [4.78, 5) is 0. The highest BCUT2D eigenvalue weighted by Gasteiger charge is 2.70. The Bertz CT molecular complexity index is 1310. The van der Waals surface area contributed by atoms with Crippen molar-refractivity contribution >= 4 is 16.1 Å². The second-order valence-electron chi connectivity index (χ2n) is 24.9. The van der Waals surface area contributed by atoms with Crippen molar-refractivity contribution in [2.75, 3.05) is 0 Å². The molecule has 0 nitrogen and oxygen atoms in total. The third-order valence-corrected chi connectivity index (χ3v) is 33.7. The number of hydrogen-bond acceptors (Lipinski definition) is 0. The van der Waals surface area contributed by atoms with Crippen LogP contribution in [0.1, 0.15) is 182 Å². The third kappa shape index (κ3) is 6.37. The van der Waals surface area contributed by atoms with Gasteiger partial charge in [0, 0.05) is 8.07 Å². The van der Waals surface area contributed by atoms with Crippen LogP contribution in [0.4, 0.5) is 0 Å². The van der Waals surface area contributed by atoms with Gasteiger partial charge in [-0.3, -0.25) is 0 Å². The van der Waals surface area contributed by atoms with E-state index < -0.39 is 16.1 Å². The highest BCUT2D eigenvalue weighted by atomic mass is 28.4. The third-order valence-electron chi connectivity index (χ3n) is 21.2. The van der Waals surface area contributed by atoms with E-state index >= 15 is 0 Å². The van der Waals surface area contributed by atoms with E-state index in [1.54, 1.807) is 5.56 Å². The molecule has 1 rings (SSSR count). The second-order valence-corrected chi connectivity index (χ2v) is 36.1. The molecule has 0 aromatic heterocycles. The lowest BCUT2D eigenvalue weighted by molar-refractivity contribution is -0.234. The summed E-state index contributed by atoms with van der Waals surface area (Å²) in [5, 5.41) is 0.828. The van der Waals surface area contributed by atoms with E-state index in [4.69, 9.17) is 0 Å². The summed E-state index contributed by atoms with van der Waals surface area (Å²) in [5.74, 6) is 0. The van der Waals surface area contributed by atoms with Crippen LogP contribution in [-0.2, 0) is 0 Å². The molecule has 0 bridgehead atoms. The molecule has 0 saturated carbocycles. The minimum Gasteiger partial charge on any atom is -0.0693 e. The van der Waals surface area contributed by atoms with E-state index in [1.165, 1.54) is 12.0 Å².